The summed E-state index contributed by atoms with van der Waals surface area (Å²) in [6.07, 6.45) is -1.65. The third kappa shape index (κ3) is 10.2. The highest BCUT2D eigenvalue weighted by Crippen LogP contribution is 2.07. The summed E-state index contributed by atoms with van der Waals surface area (Å²) in [5, 5.41) is 33.7. The molecule has 0 saturated heterocycles. The Labute approximate surface area is 185 Å². The van der Waals surface area contributed by atoms with Gasteiger partial charge in [-0.2, -0.15) is 0 Å². The number of nitrogens with one attached hydrogen (secondary N) is 3. The number of nitrogens with two attached hydrogens (primary N) is 1. The van der Waals surface area contributed by atoms with Gasteiger partial charge in [0.1, 0.15) is 18.1 Å². The molecular weight excluding hydrogens is 428 g/mol. The summed E-state index contributed by atoms with van der Waals surface area (Å²) in [5.41, 5.74) is 5.72. The van der Waals surface area contributed by atoms with Gasteiger partial charge in [-0.1, -0.05) is 27.7 Å². The third-order valence-electron chi connectivity index (χ3n) is 4.54. The van der Waals surface area contributed by atoms with Crippen LogP contribution in [0.2, 0.25) is 0 Å². The van der Waals surface area contributed by atoms with E-state index in [2.05, 4.69) is 16.0 Å². The summed E-state index contributed by atoms with van der Waals surface area (Å²) in [6.45, 7) is 6.44. The lowest BCUT2D eigenvalue weighted by Crippen LogP contribution is -2.59. The summed E-state index contributed by atoms with van der Waals surface area (Å²) in [4.78, 5) is 70.6. The van der Waals surface area contributed by atoms with Crippen LogP contribution < -0.4 is 21.7 Å². The minimum absolute atomic E-state index is 0.281. The highest BCUT2D eigenvalue weighted by atomic mass is 16.4. The number of carbonyl (C=O) groups is 6. The number of hydrogen-bond donors (Lipinski definition) is 7. The molecule has 4 unspecified atom stereocenters. The average Bonchev–Trinajstić information content (AvgIpc) is 2.66. The van der Waals surface area contributed by atoms with E-state index in [4.69, 9.17) is 15.9 Å². The molecule has 182 valence electrons. The van der Waals surface area contributed by atoms with Crippen LogP contribution in [0.25, 0.3) is 0 Å². The van der Waals surface area contributed by atoms with Crippen molar-refractivity contribution in [3.8, 4) is 0 Å². The van der Waals surface area contributed by atoms with Gasteiger partial charge in [0, 0.05) is 6.42 Å². The molecule has 0 bridgehead atoms. The van der Waals surface area contributed by atoms with Crippen LogP contribution in [0.5, 0.6) is 0 Å². The van der Waals surface area contributed by atoms with Gasteiger partial charge >= 0.3 is 17.9 Å². The van der Waals surface area contributed by atoms with Crippen LogP contribution in [-0.4, -0.2) is 75.1 Å². The fourth-order valence-electron chi connectivity index (χ4n) is 2.53. The van der Waals surface area contributed by atoms with Crippen molar-refractivity contribution in [1.29, 1.82) is 0 Å². The van der Waals surface area contributed by atoms with Crippen molar-refractivity contribution in [2.45, 2.75) is 71.1 Å². The first-order valence-electron chi connectivity index (χ1n) is 10.00. The molecule has 0 aliphatic heterocycles. The number of amides is 3. The molecule has 8 N–H and O–H groups in total. The van der Waals surface area contributed by atoms with Gasteiger partial charge in [-0.3, -0.25) is 24.0 Å². The number of hydrogen-bond acceptors (Lipinski definition) is 7. The number of rotatable bonds is 14. The van der Waals surface area contributed by atoms with Crippen molar-refractivity contribution in [2.75, 3.05) is 0 Å². The van der Waals surface area contributed by atoms with Crippen LogP contribution >= 0.6 is 0 Å². The Bertz CT molecular complexity index is 724. The lowest BCUT2D eigenvalue weighted by Gasteiger charge is -2.27. The Morgan fingerprint density at radius 2 is 1.25 bits per heavy atom. The second kappa shape index (κ2) is 13.2. The van der Waals surface area contributed by atoms with Gasteiger partial charge in [-0.15, -0.1) is 0 Å². The van der Waals surface area contributed by atoms with Gasteiger partial charge in [-0.25, -0.2) is 4.79 Å². The SMILES string of the molecule is CC(C)C(N)C(=O)NC(CC(=O)O)C(=O)NC(C(=O)NC(CCC(=O)O)C(=O)O)C(C)C. The second-order valence-electron chi connectivity index (χ2n) is 7.99. The zero-order chi connectivity index (χ0) is 25.2. The van der Waals surface area contributed by atoms with Gasteiger partial charge in [-0.05, 0) is 18.3 Å². The summed E-state index contributed by atoms with van der Waals surface area (Å²) in [7, 11) is 0. The molecule has 3 amide bonds. The summed E-state index contributed by atoms with van der Waals surface area (Å²) < 4.78 is 0. The zero-order valence-corrected chi connectivity index (χ0v) is 18.5. The molecule has 0 aromatic carbocycles. The largest absolute Gasteiger partial charge is 0.481 e. The Hall–Kier alpha value is -3.22. The molecule has 0 aliphatic rings. The van der Waals surface area contributed by atoms with E-state index >= 15 is 0 Å². The molecule has 0 saturated carbocycles. The fourth-order valence-corrected chi connectivity index (χ4v) is 2.53. The van der Waals surface area contributed by atoms with Crippen molar-refractivity contribution in [1.82, 2.24) is 16.0 Å². The first-order valence-corrected chi connectivity index (χ1v) is 10.00. The molecule has 32 heavy (non-hydrogen) atoms. The van der Waals surface area contributed by atoms with Crippen LogP contribution in [0, 0.1) is 11.8 Å². The third-order valence-corrected chi connectivity index (χ3v) is 4.54. The monoisotopic (exact) mass is 460 g/mol. The number of aliphatic carboxylic acids is 3. The Kier molecular flexibility index (Phi) is 11.9. The van der Waals surface area contributed by atoms with Gasteiger partial charge in [0.15, 0.2) is 0 Å². The average molecular weight is 460 g/mol. The molecule has 0 fully saturated rings. The topological polar surface area (TPSA) is 225 Å². The van der Waals surface area contributed by atoms with Crippen LogP contribution in [0.3, 0.4) is 0 Å². The van der Waals surface area contributed by atoms with E-state index < -0.39 is 78.6 Å². The fraction of sp³-hybridized carbons (Fsp3) is 0.684. The smallest absolute Gasteiger partial charge is 0.326 e. The van der Waals surface area contributed by atoms with E-state index in [-0.39, 0.29) is 12.3 Å². The number of carboxylic acids is 3. The van der Waals surface area contributed by atoms with E-state index in [1.165, 1.54) is 0 Å². The lowest BCUT2D eigenvalue weighted by atomic mass is 10.0. The van der Waals surface area contributed by atoms with E-state index in [0.717, 1.165) is 0 Å². The van der Waals surface area contributed by atoms with Crippen LogP contribution in [0.15, 0.2) is 0 Å². The van der Waals surface area contributed by atoms with E-state index in [1.54, 1.807) is 27.7 Å². The van der Waals surface area contributed by atoms with Crippen molar-refractivity contribution in [3.63, 3.8) is 0 Å². The molecule has 0 aliphatic carbocycles. The Morgan fingerprint density at radius 1 is 0.719 bits per heavy atom. The van der Waals surface area contributed by atoms with Crippen LogP contribution in [0.4, 0.5) is 0 Å². The molecule has 13 heteroatoms. The minimum Gasteiger partial charge on any atom is -0.481 e. The molecule has 0 aromatic rings. The van der Waals surface area contributed by atoms with Gasteiger partial charge in [0.2, 0.25) is 17.7 Å². The number of carbonyl (C=O) groups excluding carboxylic acids is 3. The first-order chi connectivity index (χ1) is 14.7. The molecule has 13 nitrogen and oxygen atoms in total. The van der Waals surface area contributed by atoms with Crippen LogP contribution in [-0.2, 0) is 28.8 Å². The zero-order valence-electron chi connectivity index (χ0n) is 18.5. The second-order valence-corrected chi connectivity index (χ2v) is 7.99. The molecule has 0 radical (unpaired) electrons. The molecule has 4 atom stereocenters. The maximum absolute atomic E-state index is 12.7. The summed E-state index contributed by atoms with van der Waals surface area (Å²) >= 11 is 0. The first kappa shape index (κ1) is 28.8. The lowest BCUT2D eigenvalue weighted by molar-refractivity contribution is -0.144. The summed E-state index contributed by atoms with van der Waals surface area (Å²) in [6, 6.07) is -5.30. The van der Waals surface area contributed by atoms with Crippen molar-refractivity contribution < 1.29 is 44.1 Å². The van der Waals surface area contributed by atoms with Crippen LogP contribution in [0.1, 0.15) is 47.0 Å². The minimum atomic E-state index is -1.53. The number of carboxylic acid groups (broad SMARTS) is 3. The Balaban J connectivity index is 5.45. The normalized spacial score (nSPS) is 14.7. The van der Waals surface area contributed by atoms with Gasteiger partial charge in [0.25, 0.3) is 0 Å². The highest BCUT2D eigenvalue weighted by Gasteiger charge is 2.33. The quantitative estimate of drug-likeness (QED) is 0.159. The van der Waals surface area contributed by atoms with E-state index in [9.17, 15) is 33.9 Å². The molecule has 0 aromatic heterocycles. The highest BCUT2D eigenvalue weighted by molar-refractivity contribution is 5.95. The molecule has 0 rings (SSSR count). The van der Waals surface area contributed by atoms with Gasteiger partial charge < -0.3 is 37.0 Å². The standard InChI is InChI=1S/C19H32N4O9/c1-8(2)14(20)17(29)22-11(7-13(26)27)16(28)23-15(9(3)4)18(30)21-10(19(31)32)5-6-12(24)25/h8-11,14-15H,5-7,20H2,1-4H3,(H,21,30)(H,22,29)(H,23,28)(H,24,25)(H,26,27)(H,31,32). The van der Waals surface area contributed by atoms with Crippen molar-refractivity contribution in [2.24, 2.45) is 17.6 Å². The predicted octanol–water partition coefficient (Wildman–Crippen LogP) is -1.50. The molecular formula is C19H32N4O9. The molecule has 0 spiro atoms. The predicted molar refractivity (Wildman–Crippen MR) is 110 cm³/mol. The maximum Gasteiger partial charge on any atom is 0.326 e. The van der Waals surface area contributed by atoms with Gasteiger partial charge in [0.05, 0.1) is 12.5 Å². The van der Waals surface area contributed by atoms with E-state index in [1.807, 2.05) is 0 Å². The Morgan fingerprint density at radius 3 is 1.66 bits per heavy atom. The molecule has 0 heterocycles. The van der Waals surface area contributed by atoms with E-state index in [0.29, 0.717) is 0 Å². The van der Waals surface area contributed by atoms with Crippen molar-refractivity contribution in [3.05, 3.63) is 0 Å². The van der Waals surface area contributed by atoms with Crippen molar-refractivity contribution >= 4 is 35.6 Å². The maximum atomic E-state index is 12.7. The summed E-state index contributed by atoms with van der Waals surface area (Å²) in [5.74, 6) is -7.52.